The number of aromatic nitrogens is 1. The van der Waals surface area contributed by atoms with Crippen LogP contribution in [0.25, 0.3) is 0 Å². The minimum Gasteiger partial charge on any atom is -0.491 e. The van der Waals surface area contributed by atoms with Crippen LogP contribution in [0.5, 0.6) is 5.75 Å². The van der Waals surface area contributed by atoms with Crippen molar-refractivity contribution in [2.24, 2.45) is 5.73 Å². The van der Waals surface area contributed by atoms with Crippen LogP contribution in [-0.2, 0) is 4.79 Å². The minimum absolute atomic E-state index is 0.140. The number of carbonyl (C=O) groups excluding carboxylic acids is 2. The van der Waals surface area contributed by atoms with Gasteiger partial charge < -0.3 is 21.1 Å². The topological polar surface area (TPSA) is 106 Å². The number of anilines is 1. The second kappa shape index (κ2) is 8.75. The summed E-state index contributed by atoms with van der Waals surface area (Å²) < 4.78 is 5.59. The molecule has 0 saturated carbocycles. The summed E-state index contributed by atoms with van der Waals surface area (Å²) in [6.45, 7) is 0.418. The fraction of sp³-hybridized carbons (Fsp3) is 0.174. The molecule has 0 fully saturated rings. The lowest BCUT2D eigenvalue weighted by molar-refractivity contribution is -0.122. The second-order valence-corrected chi connectivity index (χ2v) is 7.09. The molecule has 1 aliphatic rings. The molecule has 4 rings (SSSR count). The number of pyridine rings is 1. The van der Waals surface area contributed by atoms with Gasteiger partial charge in [0.15, 0.2) is 0 Å². The van der Waals surface area contributed by atoms with Crippen molar-refractivity contribution in [2.45, 2.75) is 18.5 Å². The van der Waals surface area contributed by atoms with Crippen molar-refractivity contribution in [3.05, 3.63) is 89.7 Å². The normalized spacial score (nSPS) is 15.6. The van der Waals surface area contributed by atoms with E-state index >= 15 is 0 Å². The predicted molar refractivity (Wildman–Crippen MR) is 113 cm³/mol. The lowest BCUT2D eigenvalue weighted by Crippen LogP contribution is -2.31. The van der Waals surface area contributed by atoms with E-state index < -0.39 is 6.04 Å². The van der Waals surface area contributed by atoms with Gasteiger partial charge >= 0.3 is 0 Å². The zero-order chi connectivity index (χ0) is 20.9. The van der Waals surface area contributed by atoms with Gasteiger partial charge in [0, 0.05) is 41.7 Å². The number of para-hydroxylation sites is 1. The average Bonchev–Trinajstić information content (AvgIpc) is 3.17. The highest BCUT2D eigenvalue weighted by molar-refractivity contribution is 6.04. The maximum absolute atomic E-state index is 12.5. The molecular weight excluding hydrogens is 380 g/mol. The largest absolute Gasteiger partial charge is 0.491 e. The van der Waals surface area contributed by atoms with E-state index in [2.05, 4.69) is 15.6 Å². The Bertz CT molecular complexity index is 1040. The summed E-state index contributed by atoms with van der Waals surface area (Å²) in [5.41, 5.74) is 9.15. The standard InChI is InChI=1S/C23H22N4O3/c24-19(13-22(28)27-20-14-30-21-4-2-1-3-18(20)21)15-5-7-16(8-6-15)23(29)26-17-9-11-25-12-10-17/h1-12,19-20H,13-14,24H2,(H,27,28)(H,25,26,29)/t19-,20?/m0/s1. The van der Waals surface area contributed by atoms with Crippen LogP contribution in [0, 0.1) is 0 Å². The number of fused-ring (bicyclic) bond motifs is 1. The molecule has 4 N–H and O–H groups in total. The summed E-state index contributed by atoms with van der Waals surface area (Å²) in [6.07, 6.45) is 3.36. The minimum atomic E-state index is -0.472. The van der Waals surface area contributed by atoms with Crippen molar-refractivity contribution in [2.75, 3.05) is 11.9 Å². The first-order valence-corrected chi connectivity index (χ1v) is 9.68. The second-order valence-electron chi connectivity index (χ2n) is 7.09. The van der Waals surface area contributed by atoms with Crippen LogP contribution < -0.4 is 21.1 Å². The van der Waals surface area contributed by atoms with Crippen molar-refractivity contribution < 1.29 is 14.3 Å². The zero-order valence-corrected chi connectivity index (χ0v) is 16.2. The molecule has 0 spiro atoms. The van der Waals surface area contributed by atoms with E-state index in [0.717, 1.165) is 16.9 Å². The molecule has 3 aromatic rings. The van der Waals surface area contributed by atoms with Gasteiger partial charge in [-0.3, -0.25) is 14.6 Å². The molecule has 2 atom stereocenters. The molecule has 0 bridgehead atoms. The predicted octanol–water partition coefficient (Wildman–Crippen LogP) is 2.97. The highest BCUT2D eigenvalue weighted by atomic mass is 16.5. The number of hydrogen-bond acceptors (Lipinski definition) is 5. The van der Waals surface area contributed by atoms with E-state index in [1.807, 2.05) is 24.3 Å². The van der Waals surface area contributed by atoms with Gasteiger partial charge in [0.05, 0.1) is 6.04 Å². The Morgan fingerprint density at radius 1 is 1.07 bits per heavy atom. The number of nitrogens with zero attached hydrogens (tertiary/aromatic N) is 1. The van der Waals surface area contributed by atoms with E-state index in [0.29, 0.717) is 17.9 Å². The number of benzene rings is 2. The summed E-state index contributed by atoms with van der Waals surface area (Å²) in [4.78, 5) is 28.7. The summed E-state index contributed by atoms with van der Waals surface area (Å²) in [5, 5.41) is 5.78. The fourth-order valence-corrected chi connectivity index (χ4v) is 3.37. The van der Waals surface area contributed by atoms with Crippen LogP contribution in [0.15, 0.2) is 73.1 Å². The molecule has 1 aromatic heterocycles. The number of amides is 2. The maximum Gasteiger partial charge on any atom is 0.255 e. The van der Waals surface area contributed by atoms with Crippen molar-refractivity contribution in [3.8, 4) is 5.75 Å². The van der Waals surface area contributed by atoms with Crippen LogP contribution in [0.4, 0.5) is 5.69 Å². The first-order valence-electron chi connectivity index (χ1n) is 9.68. The molecule has 0 saturated heterocycles. The summed E-state index contributed by atoms with van der Waals surface area (Å²) in [5.74, 6) is 0.430. The van der Waals surface area contributed by atoms with Gasteiger partial charge in [0.2, 0.25) is 5.91 Å². The molecule has 30 heavy (non-hydrogen) atoms. The van der Waals surface area contributed by atoms with Gasteiger partial charge in [-0.05, 0) is 35.9 Å². The van der Waals surface area contributed by atoms with Crippen molar-refractivity contribution in [1.29, 1.82) is 0 Å². The van der Waals surface area contributed by atoms with Crippen LogP contribution in [-0.4, -0.2) is 23.4 Å². The van der Waals surface area contributed by atoms with Crippen LogP contribution >= 0.6 is 0 Å². The molecule has 7 nitrogen and oxygen atoms in total. The molecule has 2 aromatic carbocycles. The van der Waals surface area contributed by atoms with Crippen molar-refractivity contribution in [3.63, 3.8) is 0 Å². The summed E-state index contributed by atoms with van der Waals surface area (Å²) in [7, 11) is 0. The van der Waals surface area contributed by atoms with E-state index in [4.69, 9.17) is 10.5 Å². The van der Waals surface area contributed by atoms with Gasteiger partial charge in [-0.2, -0.15) is 0 Å². The third kappa shape index (κ3) is 4.47. The van der Waals surface area contributed by atoms with Gasteiger partial charge in [-0.15, -0.1) is 0 Å². The first kappa shape index (κ1) is 19.6. The Morgan fingerprint density at radius 2 is 1.80 bits per heavy atom. The van der Waals surface area contributed by atoms with Gasteiger partial charge in [-0.25, -0.2) is 0 Å². The van der Waals surface area contributed by atoms with E-state index in [-0.39, 0.29) is 24.3 Å². The van der Waals surface area contributed by atoms with E-state index in [1.54, 1.807) is 48.8 Å². The smallest absolute Gasteiger partial charge is 0.255 e. The van der Waals surface area contributed by atoms with Gasteiger partial charge in [0.25, 0.3) is 5.91 Å². The van der Waals surface area contributed by atoms with Gasteiger partial charge in [0.1, 0.15) is 12.4 Å². The SMILES string of the molecule is N[C@@H](CC(=O)NC1COc2ccccc21)c1ccc(C(=O)Nc2ccncc2)cc1. The zero-order valence-electron chi connectivity index (χ0n) is 16.2. The maximum atomic E-state index is 12.5. The molecule has 1 unspecified atom stereocenters. The molecule has 0 aliphatic carbocycles. The molecule has 152 valence electrons. The molecule has 0 radical (unpaired) electrons. The number of nitrogens with one attached hydrogen (secondary N) is 2. The molecule has 2 heterocycles. The molecule has 2 amide bonds. The lowest BCUT2D eigenvalue weighted by Gasteiger charge is -2.16. The molecule has 7 heteroatoms. The number of nitrogens with two attached hydrogens (primary N) is 1. The highest BCUT2D eigenvalue weighted by Gasteiger charge is 2.25. The van der Waals surface area contributed by atoms with Crippen molar-refractivity contribution >= 4 is 17.5 Å². The Hall–Kier alpha value is -3.71. The summed E-state index contributed by atoms with van der Waals surface area (Å²) >= 11 is 0. The monoisotopic (exact) mass is 402 g/mol. The van der Waals surface area contributed by atoms with E-state index in [9.17, 15) is 9.59 Å². The summed E-state index contributed by atoms with van der Waals surface area (Å²) in [6, 6.07) is 17.4. The quantitative estimate of drug-likeness (QED) is 0.588. The molecular formula is C23H22N4O3. The highest BCUT2D eigenvalue weighted by Crippen LogP contribution is 2.31. The lowest BCUT2D eigenvalue weighted by atomic mass is 10.0. The van der Waals surface area contributed by atoms with E-state index in [1.165, 1.54) is 0 Å². The Kier molecular flexibility index (Phi) is 5.72. The number of hydrogen-bond donors (Lipinski definition) is 3. The Balaban J connectivity index is 1.33. The fourth-order valence-electron chi connectivity index (χ4n) is 3.37. The number of rotatable bonds is 6. The van der Waals surface area contributed by atoms with Crippen LogP contribution in [0.1, 0.15) is 40.0 Å². The first-order chi connectivity index (χ1) is 14.6. The number of carbonyl (C=O) groups is 2. The van der Waals surface area contributed by atoms with Crippen LogP contribution in [0.3, 0.4) is 0 Å². The molecule has 1 aliphatic heterocycles. The average molecular weight is 402 g/mol. The Morgan fingerprint density at radius 3 is 2.57 bits per heavy atom. The van der Waals surface area contributed by atoms with Crippen molar-refractivity contribution in [1.82, 2.24) is 10.3 Å². The Labute approximate surface area is 174 Å². The van der Waals surface area contributed by atoms with Gasteiger partial charge in [-0.1, -0.05) is 30.3 Å². The van der Waals surface area contributed by atoms with Crippen LogP contribution in [0.2, 0.25) is 0 Å². The number of ether oxygens (including phenoxy) is 1. The third-order valence-corrected chi connectivity index (χ3v) is 4.98. The third-order valence-electron chi connectivity index (χ3n) is 4.98.